The Morgan fingerprint density at radius 1 is 1.18 bits per heavy atom. The highest BCUT2D eigenvalue weighted by Crippen LogP contribution is 2.32. The number of carbonyl (C=O) groups excluding carboxylic acids is 2. The number of aromatic nitrogens is 1. The Bertz CT molecular complexity index is 1160. The maximum atomic E-state index is 13.9. The minimum atomic E-state index is -0.395. The summed E-state index contributed by atoms with van der Waals surface area (Å²) >= 11 is 7.43. The van der Waals surface area contributed by atoms with Crippen molar-refractivity contribution in [2.24, 2.45) is 0 Å². The summed E-state index contributed by atoms with van der Waals surface area (Å²) < 4.78 is 13.9. The zero-order chi connectivity index (χ0) is 24.1. The van der Waals surface area contributed by atoms with E-state index in [4.69, 9.17) is 11.6 Å². The lowest BCUT2D eigenvalue weighted by Gasteiger charge is -2.31. The van der Waals surface area contributed by atoms with E-state index in [1.165, 1.54) is 23.5 Å². The number of carbonyl (C=O) groups is 2. The van der Waals surface area contributed by atoms with Gasteiger partial charge in [-0.2, -0.15) is 0 Å². The van der Waals surface area contributed by atoms with Crippen LogP contribution in [-0.4, -0.2) is 41.5 Å². The predicted octanol–water partition coefficient (Wildman–Crippen LogP) is 6.15. The zero-order valence-electron chi connectivity index (χ0n) is 18.8. The summed E-state index contributed by atoms with van der Waals surface area (Å²) in [6.45, 7) is 4.04. The molecule has 9 heteroatoms. The van der Waals surface area contributed by atoms with Crippen molar-refractivity contribution < 1.29 is 14.0 Å². The second-order valence-electron chi connectivity index (χ2n) is 8.22. The molecular formula is C25H26ClFN4O2S. The number of hydrogen-bond acceptors (Lipinski definition) is 4. The van der Waals surface area contributed by atoms with Crippen molar-refractivity contribution in [2.45, 2.75) is 32.1 Å². The summed E-state index contributed by atoms with van der Waals surface area (Å²) in [6.07, 6.45) is 2.53. The number of nitrogens with zero attached hydrogens (tertiary/aromatic N) is 2. The Morgan fingerprint density at radius 3 is 2.62 bits per heavy atom. The van der Waals surface area contributed by atoms with Crippen molar-refractivity contribution in [1.29, 1.82) is 0 Å². The van der Waals surface area contributed by atoms with Gasteiger partial charge in [0.05, 0.1) is 5.01 Å². The summed E-state index contributed by atoms with van der Waals surface area (Å²) in [5.41, 5.74) is 2.13. The van der Waals surface area contributed by atoms with Crippen molar-refractivity contribution in [1.82, 2.24) is 15.2 Å². The van der Waals surface area contributed by atoms with Gasteiger partial charge in [0.2, 0.25) is 0 Å². The van der Waals surface area contributed by atoms with Gasteiger partial charge in [0.25, 0.3) is 5.91 Å². The number of piperidine rings is 1. The Kier molecular flexibility index (Phi) is 7.80. The molecule has 34 heavy (non-hydrogen) atoms. The van der Waals surface area contributed by atoms with E-state index in [2.05, 4.69) is 15.6 Å². The molecule has 1 aliphatic heterocycles. The number of amides is 3. The Balaban J connectivity index is 1.42. The normalized spacial score (nSPS) is 14.1. The number of urea groups is 1. The number of hydrogen-bond donors (Lipinski definition) is 2. The molecule has 0 atom stereocenters. The maximum absolute atomic E-state index is 13.9. The topological polar surface area (TPSA) is 74.3 Å². The number of likely N-dealkylation sites (tertiary alicyclic amines) is 1. The third-order valence-electron chi connectivity index (χ3n) is 5.80. The van der Waals surface area contributed by atoms with Crippen molar-refractivity contribution in [3.63, 3.8) is 0 Å². The van der Waals surface area contributed by atoms with Gasteiger partial charge in [0.15, 0.2) is 0 Å². The molecule has 0 bridgehead atoms. The van der Waals surface area contributed by atoms with Crippen LogP contribution in [0.4, 0.5) is 14.9 Å². The third kappa shape index (κ3) is 5.74. The molecule has 0 radical (unpaired) electrons. The fourth-order valence-electron chi connectivity index (χ4n) is 3.93. The lowest BCUT2D eigenvalue weighted by atomic mass is 9.98. The molecule has 1 aliphatic rings. The molecule has 0 saturated carbocycles. The molecule has 0 spiro atoms. The molecule has 0 aliphatic carbocycles. The van der Waals surface area contributed by atoms with Crippen LogP contribution >= 0.6 is 22.9 Å². The first kappa shape index (κ1) is 24.2. The van der Waals surface area contributed by atoms with Gasteiger partial charge in [-0.05, 0) is 55.2 Å². The van der Waals surface area contributed by atoms with Crippen LogP contribution in [0.1, 0.15) is 47.6 Å². The van der Waals surface area contributed by atoms with Gasteiger partial charge in [-0.15, -0.1) is 11.3 Å². The first-order chi connectivity index (χ1) is 16.4. The van der Waals surface area contributed by atoms with Crippen molar-refractivity contribution in [3.05, 3.63) is 69.4 Å². The molecule has 2 N–H and O–H groups in total. The smallest absolute Gasteiger partial charge is 0.317 e. The van der Waals surface area contributed by atoms with Gasteiger partial charge in [0.1, 0.15) is 11.5 Å². The summed E-state index contributed by atoms with van der Waals surface area (Å²) in [5, 5.41) is 9.00. The molecule has 2 aromatic carbocycles. The Hall–Kier alpha value is -2.97. The lowest BCUT2D eigenvalue weighted by molar-refractivity contribution is 0.102. The van der Waals surface area contributed by atoms with Crippen LogP contribution in [0, 0.1) is 5.82 Å². The average molecular weight is 501 g/mol. The van der Waals surface area contributed by atoms with Crippen molar-refractivity contribution in [3.8, 4) is 11.1 Å². The van der Waals surface area contributed by atoms with E-state index in [1.54, 1.807) is 35.7 Å². The van der Waals surface area contributed by atoms with Crippen LogP contribution in [-0.2, 0) is 0 Å². The van der Waals surface area contributed by atoms with Gasteiger partial charge in [-0.3, -0.25) is 4.79 Å². The number of anilines is 1. The van der Waals surface area contributed by atoms with Gasteiger partial charge >= 0.3 is 6.03 Å². The first-order valence-corrected chi connectivity index (χ1v) is 12.6. The van der Waals surface area contributed by atoms with Gasteiger partial charge in [0, 0.05) is 47.2 Å². The van der Waals surface area contributed by atoms with Crippen LogP contribution in [0.2, 0.25) is 5.02 Å². The maximum Gasteiger partial charge on any atom is 0.317 e. The molecule has 0 unspecified atom stereocenters. The van der Waals surface area contributed by atoms with Crippen LogP contribution in [0.3, 0.4) is 0 Å². The number of rotatable bonds is 6. The molecule has 2 heterocycles. The fourth-order valence-corrected chi connectivity index (χ4v) is 5.03. The van der Waals surface area contributed by atoms with E-state index in [1.807, 2.05) is 11.8 Å². The monoisotopic (exact) mass is 500 g/mol. The Morgan fingerprint density at radius 2 is 1.91 bits per heavy atom. The minimum Gasteiger partial charge on any atom is -0.338 e. The number of thiazole rings is 1. The quantitative estimate of drug-likeness (QED) is 0.426. The second kappa shape index (κ2) is 11.0. The summed E-state index contributed by atoms with van der Waals surface area (Å²) in [7, 11) is 0. The van der Waals surface area contributed by atoms with E-state index >= 15 is 0 Å². The van der Waals surface area contributed by atoms with Crippen molar-refractivity contribution in [2.75, 3.05) is 25.0 Å². The number of halogens is 2. The summed E-state index contributed by atoms with van der Waals surface area (Å²) in [6, 6.07) is 11.2. The SMILES string of the molecule is CCCNC(=O)N1CCC(c2nc(C(=O)Nc3ccc(F)cc3-c3ccc(Cl)cc3)cs2)CC1. The largest absolute Gasteiger partial charge is 0.338 e. The van der Waals surface area contributed by atoms with E-state index in [9.17, 15) is 14.0 Å². The highest BCUT2D eigenvalue weighted by atomic mass is 35.5. The van der Waals surface area contributed by atoms with E-state index < -0.39 is 5.82 Å². The van der Waals surface area contributed by atoms with E-state index in [0.717, 1.165) is 29.8 Å². The molecule has 178 valence electrons. The first-order valence-electron chi connectivity index (χ1n) is 11.3. The molecule has 1 aromatic heterocycles. The highest BCUT2D eigenvalue weighted by Gasteiger charge is 2.26. The van der Waals surface area contributed by atoms with Gasteiger partial charge in [-0.25, -0.2) is 14.2 Å². The molecule has 6 nitrogen and oxygen atoms in total. The van der Waals surface area contributed by atoms with Gasteiger partial charge in [-0.1, -0.05) is 30.7 Å². The Labute approximate surface area is 207 Å². The fraction of sp³-hybridized carbons (Fsp3) is 0.320. The van der Waals surface area contributed by atoms with E-state index in [-0.39, 0.29) is 17.9 Å². The predicted molar refractivity (Wildman–Crippen MR) is 134 cm³/mol. The molecular weight excluding hydrogens is 475 g/mol. The molecule has 3 amide bonds. The van der Waals surface area contributed by atoms with Gasteiger partial charge < -0.3 is 15.5 Å². The molecule has 3 aromatic rings. The minimum absolute atomic E-state index is 0.0182. The summed E-state index contributed by atoms with van der Waals surface area (Å²) in [4.78, 5) is 31.5. The lowest BCUT2D eigenvalue weighted by Crippen LogP contribution is -2.44. The molecule has 1 saturated heterocycles. The van der Waals surface area contributed by atoms with Crippen LogP contribution < -0.4 is 10.6 Å². The second-order valence-corrected chi connectivity index (χ2v) is 9.54. The highest BCUT2D eigenvalue weighted by molar-refractivity contribution is 7.10. The number of nitrogens with one attached hydrogen (secondary N) is 2. The van der Waals surface area contributed by atoms with Crippen LogP contribution in [0.15, 0.2) is 47.8 Å². The summed E-state index contributed by atoms with van der Waals surface area (Å²) in [5.74, 6) is -0.522. The molecule has 1 fully saturated rings. The third-order valence-corrected chi connectivity index (χ3v) is 7.06. The van der Waals surface area contributed by atoms with Crippen LogP contribution in [0.25, 0.3) is 11.1 Å². The average Bonchev–Trinajstić information content (AvgIpc) is 3.35. The number of benzene rings is 2. The standard InChI is InChI=1S/C25H26ClFN4O2S/c1-2-11-28-25(33)31-12-9-17(10-13-31)24-30-22(15-34-24)23(32)29-21-8-7-19(27)14-20(21)16-3-5-18(26)6-4-16/h3-8,14-15,17H,2,9-13H2,1H3,(H,28,33)(H,29,32). The zero-order valence-corrected chi connectivity index (χ0v) is 20.4. The van der Waals surface area contributed by atoms with E-state index in [0.29, 0.717) is 41.6 Å². The van der Waals surface area contributed by atoms with Crippen molar-refractivity contribution >= 4 is 40.6 Å². The molecule has 4 rings (SSSR count). The van der Waals surface area contributed by atoms with Crippen LogP contribution in [0.5, 0.6) is 0 Å².